The van der Waals surface area contributed by atoms with Crippen LogP contribution >= 0.6 is 35.2 Å². The van der Waals surface area contributed by atoms with Crippen molar-refractivity contribution < 1.29 is 9.53 Å². The van der Waals surface area contributed by atoms with Crippen molar-refractivity contribution in [3.8, 4) is 5.75 Å². The first kappa shape index (κ1) is 15.5. The van der Waals surface area contributed by atoms with Gasteiger partial charge in [0.15, 0.2) is 5.11 Å². The number of hydrogen-bond donors (Lipinski definition) is 1. The van der Waals surface area contributed by atoms with Crippen LogP contribution in [-0.2, 0) is 0 Å². The van der Waals surface area contributed by atoms with Gasteiger partial charge in [-0.1, -0.05) is 11.6 Å². The number of thiocarbonyl (C=S) groups is 1. The average Bonchev–Trinajstić information content (AvgIpc) is 3.15. The Morgan fingerprint density at radius 2 is 2.14 bits per heavy atom. The predicted octanol–water partition coefficient (Wildman–Crippen LogP) is 3.67. The number of ether oxygens (including phenoxy) is 1. The first-order chi connectivity index (χ1) is 10.6. The summed E-state index contributed by atoms with van der Waals surface area (Å²) >= 11 is 13.0. The largest absolute Gasteiger partial charge is 0.497 e. The normalized spacial score (nSPS) is 14.4. The van der Waals surface area contributed by atoms with E-state index in [-0.39, 0.29) is 5.91 Å². The SMILES string of the molecule is COc1ccc2c(Cl)c(C(=O)NC(=S)N3CCCC3)sc2c1. The van der Waals surface area contributed by atoms with Crippen LogP contribution in [0.4, 0.5) is 0 Å². The zero-order chi connectivity index (χ0) is 15.7. The molecule has 0 spiro atoms. The number of fused-ring (bicyclic) bond motifs is 1. The Balaban J connectivity index is 1.84. The van der Waals surface area contributed by atoms with Crippen LogP contribution in [-0.4, -0.2) is 36.1 Å². The van der Waals surface area contributed by atoms with Crippen molar-refractivity contribution in [3.05, 3.63) is 28.1 Å². The Labute approximate surface area is 143 Å². The van der Waals surface area contributed by atoms with Gasteiger partial charge in [-0.05, 0) is 43.3 Å². The lowest BCUT2D eigenvalue weighted by Crippen LogP contribution is -2.40. The number of rotatable bonds is 2. The average molecular weight is 355 g/mol. The highest BCUT2D eigenvalue weighted by atomic mass is 35.5. The van der Waals surface area contributed by atoms with Crippen LogP contribution in [0.3, 0.4) is 0 Å². The van der Waals surface area contributed by atoms with E-state index in [2.05, 4.69) is 5.32 Å². The van der Waals surface area contributed by atoms with Gasteiger partial charge in [-0.25, -0.2) is 0 Å². The van der Waals surface area contributed by atoms with E-state index in [0.717, 1.165) is 41.8 Å². The number of nitrogens with one attached hydrogen (secondary N) is 1. The molecule has 0 bridgehead atoms. The summed E-state index contributed by atoms with van der Waals surface area (Å²) in [6, 6.07) is 5.57. The molecular formula is C15H15ClN2O2S2. The number of amides is 1. The van der Waals surface area contributed by atoms with Crippen LogP contribution in [0.25, 0.3) is 10.1 Å². The summed E-state index contributed by atoms with van der Waals surface area (Å²) in [6.45, 7) is 1.80. The highest BCUT2D eigenvalue weighted by Crippen LogP contribution is 2.37. The van der Waals surface area contributed by atoms with Crippen molar-refractivity contribution in [2.75, 3.05) is 20.2 Å². The van der Waals surface area contributed by atoms with Gasteiger partial charge in [-0.15, -0.1) is 11.3 Å². The lowest BCUT2D eigenvalue weighted by Gasteiger charge is -2.18. The first-order valence-electron chi connectivity index (χ1n) is 6.96. The van der Waals surface area contributed by atoms with Crippen LogP contribution < -0.4 is 10.1 Å². The molecule has 2 aromatic rings. The molecular weight excluding hydrogens is 340 g/mol. The van der Waals surface area contributed by atoms with Crippen LogP contribution in [0.5, 0.6) is 5.75 Å². The van der Waals surface area contributed by atoms with E-state index in [1.54, 1.807) is 7.11 Å². The second kappa shape index (κ2) is 6.40. The molecule has 7 heteroatoms. The van der Waals surface area contributed by atoms with Crippen LogP contribution in [0.15, 0.2) is 18.2 Å². The van der Waals surface area contributed by atoms with Gasteiger partial charge in [-0.2, -0.15) is 0 Å². The summed E-state index contributed by atoms with van der Waals surface area (Å²) < 4.78 is 6.12. The second-order valence-corrected chi connectivity index (χ2v) is 6.88. The Kier molecular flexibility index (Phi) is 4.52. The highest BCUT2D eigenvalue weighted by molar-refractivity contribution is 7.80. The number of methoxy groups -OCH3 is 1. The second-order valence-electron chi connectivity index (χ2n) is 5.06. The first-order valence-corrected chi connectivity index (χ1v) is 8.56. The molecule has 2 heterocycles. The highest BCUT2D eigenvalue weighted by Gasteiger charge is 2.21. The third kappa shape index (κ3) is 2.91. The molecule has 1 amide bonds. The number of thiophene rings is 1. The third-order valence-electron chi connectivity index (χ3n) is 3.66. The van der Waals surface area contributed by atoms with E-state index in [1.165, 1.54) is 11.3 Å². The van der Waals surface area contributed by atoms with E-state index in [1.807, 2.05) is 23.1 Å². The molecule has 1 aliphatic rings. The predicted molar refractivity (Wildman–Crippen MR) is 94.3 cm³/mol. The van der Waals surface area contributed by atoms with Crippen molar-refractivity contribution in [1.82, 2.24) is 10.2 Å². The Morgan fingerprint density at radius 3 is 2.82 bits per heavy atom. The molecule has 1 aromatic heterocycles. The van der Waals surface area contributed by atoms with Gasteiger partial charge in [0.1, 0.15) is 10.6 Å². The number of nitrogens with zero attached hydrogens (tertiary/aromatic N) is 1. The minimum atomic E-state index is -0.248. The van der Waals surface area contributed by atoms with Gasteiger partial charge in [0.05, 0.1) is 12.1 Å². The maximum Gasteiger partial charge on any atom is 0.269 e. The van der Waals surface area contributed by atoms with Crippen molar-refractivity contribution in [3.63, 3.8) is 0 Å². The van der Waals surface area contributed by atoms with Crippen LogP contribution in [0, 0.1) is 0 Å². The van der Waals surface area contributed by atoms with E-state index < -0.39 is 0 Å². The fourth-order valence-corrected chi connectivity index (χ4v) is 4.19. The van der Waals surface area contributed by atoms with Gasteiger partial charge < -0.3 is 9.64 Å². The van der Waals surface area contributed by atoms with E-state index >= 15 is 0 Å². The molecule has 1 aromatic carbocycles. The molecule has 1 aliphatic heterocycles. The van der Waals surface area contributed by atoms with Crippen molar-refractivity contribution in [2.24, 2.45) is 0 Å². The molecule has 1 saturated heterocycles. The number of benzene rings is 1. The maximum absolute atomic E-state index is 12.4. The zero-order valence-electron chi connectivity index (χ0n) is 12.0. The smallest absolute Gasteiger partial charge is 0.269 e. The van der Waals surface area contributed by atoms with E-state index in [0.29, 0.717) is 15.0 Å². The van der Waals surface area contributed by atoms with Gasteiger partial charge in [0.2, 0.25) is 0 Å². The summed E-state index contributed by atoms with van der Waals surface area (Å²) in [4.78, 5) is 14.9. The number of likely N-dealkylation sites (tertiary alicyclic amines) is 1. The summed E-state index contributed by atoms with van der Waals surface area (Å²) in [5.74, 6) is 0.493. The van der Waals surface area contributed by atoms with Crippen molar-refractivity contribution in [2.45, 2.75) is 12.8 Å². The van der Waals surface area contributed by atoms with Gasteiger partial charge in [0.25, 0.3) is 5.91 Å². The standard InChI is InChI=1S/C15H15ClN2O2S2/c1-20-9-4-5-10-11(8-9)22-13(12(10)16)14(19)17-15(21)18-6-2-3-7-18/h4-5,8H,2-3,6-7H2,1H3,(H,17,19,21). The monoisotopic (exact) mass is 354 g/mol. The van der Waals surface area contributed by atoms with Crippen LogP contribution in [0.2, 0.25) is 5.02 Å². The fourth-order valence-electron chi connectivity index (χ4n) is 2.47. The molecule has 0 aliphatic carbocycles. The van der Waals surface area contributed by atoms with E-state index in [9.17, 15) is 4.79 Å². The van der Waals surface area contributed by atoms with Crippen molar-refractivity contribution in [1.29, 1.82) is 0 Å². The molecule has 0 saturated carbocycles. The summed E-state index contributed by atoms with van der Waals surface area (Å²) in [5, 5.41) is 4.58. The Hall–Kier alpha value is -1.37. The number of hydrogen-bond acceptors (Lipinski definition) is 4. The minimum Gasteiger partial charge on any atom is -0.497 e. The Bertz CT molecular complexity index is 738. The van der Waals surface area contributed by atoms with E-state index in [4.69, 9.17) is 28.6 Å². The fraction of sp³-hybridized carbons (Fsp3) is 0.333. The molecule has 4 nitrogen and oxygen atoms in total. The molecule has 0 unspecified atom stereocenters. The van der Waals surface area contributed by atoms with Gasteiger partial charge >= 0.3 is 0 Å². The molecule has 3 rings (SSSR count). The lowest BCUT2D eigenvalue weighted by molar-refractivity contribution is 0.0978. The van der Waals surface area contributed by atoms with Crippen molar-refractivity contribution >= 4 is 56.3 Å². The Morgan fingerprint density at radius 1 is 1.41 bits per heavy atom. The minimum absolute atomic E-state index is 0.248. The number of carbonyl (C=O) groups is 1. The quantitative estimate of drug-likeness (QED) is 0.835. The van der Waals surface area contributed by atoms with Crippen LogP contribution in [0.1, 0.15) is 22.5 Å². The molecule has 1 N–H and O–H groups in total. The summed E-state index contributed by atoms with van der Waals surface area (Å²) in [5.41, 5.74) is 0. The lowest BCUT2D eigenvalue weighted by atomic mass is 10.2. The molecule has 1 fully saturated rings. The molecule has 0 radical (unpaired) electrons. The van der Waals surface area contributed by atoms with Gasteiger partial charge in [0, 0.05) is 23.2 Å². The summed E-state index contributed by atoms with van der Waals surface area (Å²) in [7, 11) is 1.61. The molecule has 116 valence electrons. The third-order valence-corrected chi connectivity index (χ3v) is 5.67. The number of carbonyl (C=O) groups excluding carboxylic acids is 1. The zero-order valence-corrected chi connectivity index (χ0v) is 14.4. The molecule has 0 atom stereocenters. The molecule has 22 heavy (non-hydrogen) atoms. The summed E-state index contributed by atoms with van der Waals surface area (Å²) in [6.07, 6.45) is 2.22. The topological polar surface area (TPSA) is 41.6 Å². The maximum atomic E-state index is 12.4. The van der Waals surface area contributed by atoms with Gasteiger partial charge in [-0.3, -0.25) is 10.1 Å². The number of halogens is 1.